The van der Waals surface area contributed by atoms with Gasteiger partial charge in [-0.15, -0.1) is 0 Å². The minimum Gasteiger partial charge on any atom is -0.211 e. The fourth-order valence-electron chi connectivity index (χ4n) is 6.84. The van der Waals surface area contributed by atoms with E-state index in [1.54, 1.807) is 24.3 Å². The van der Waals surface area contributed by atoms with E-state index >= 15 is 0 Å². The van der Waals surface area contributed by atoms with E-state index in [1.807, 2.05) is 0 Å². The maximum Gasteiger partial charge on any atom is 0.237 e. The van der Waals surface area contributed by atoms with E-state index in [2.05, 4.69) is 20.0 Å². The summed E-state index contributed by atoms with van der Waals surface area (Å²) in [5.74, 6) is -0.278. The SMILES string of the molecule is O=C=NC1CCC2(C(N=C=O)(N=C=O)C3CCCCC3)CCCCCCC2C1N=C=O. The van der Waals surface area contributed by atoms with Crippen molar-refractivity contribution in [1.29, 1.82) is 0 Å². The number of hydrogen-bond acceptors (Lipinski definition) is 8. The van der Waals surface area contributed by atoms with Gasteiger partial charge < -0.3 is 0 Å². The van der Waals surface area contributed by atoms with Gasteiger partial charge in [0.15, 0.2) is 5.66 Å². The van der Waals surface area contributed by atoms with Crippen molar-refractivity contribution in [1.82, 2.24) is 0 Å². The quantitative estimate of drug-likeness (QED) is 0.469. The van der Waals surface area contributed by atoms with Crippen LogP contribution in [0.1, 0.15) is 83.5 Å². The smallest absolute Gasteiger partial charge is 0.211 e. The van der Waals surface area contributed by atoms with E-state index in [1.165, 1.54) is 0 Å². The first-order valence-electron chi connectivity index (χ1n) is 11.5. The van der Waals surface area contributed by atoms with E-state index in [4.69, 9.17) is 0 Å². The molecule has 8 nitrogen and oxygen atoms in total. The molecule has 4 atom stereocenters. The summed E-state index contributed by atoms with van der Waals surface area (Å²) >= 11 is 0. The van der Waals surface area contributed by atoms with Crippen LogP contribution in [0.4, 0.5) is 0 Å². The van der Waals surface area contributed by atoms with Crippen LogP contribution in [0.3, 0.4) is 0 Å². The van der Waals surface area contributed by atoms with Crippen LogP contribution in [0, 0.1) is 17.3 Å². The van der Waals surface area contributed by atoms with Gasteiger partial charge in [-0.3, -0.25) is 0 Å². The summed E-state index contributed by atoms with van der Waals surface area (Å²) < 4.78 is 0. The Labute approximate surface area is 182 Å². The molecular weight excluding hydrogens is 396 g/mol. The van der Waals surface area contributed by atoms with Crippen LogP contribution in [0.5, 0.6) is 0 Å². The summed E-state index contributed by atoms with van der Waals surface area (Å²) in [5, 5.41) is 0. The number of carbonyl (C=O) groups excluding carboxylic acids is 4. The van der Waals surface area contributed by atoms with Crippen LogP contribution in [0.25, 0.3) is 0 Å². The minimum absolute atomic E-state index is 0.0712. The van der Waals surface area contributed by atoms with Crippen molar-refractivity contribution in [2.45, 2.75) is 101 Å². The molecule has 3 aliphatic carbocycles. The van der Waals surface area contributed by atoms with Gasteiger partial charge in [0.25, 0.3) is 0 Å². The molecule has 0 amide bonds. The van der Waals surface area contributed by atoms with E-state index in [-0.39, 0.29) is 11.8 Å². The van der Waals surface area contributed by atoms with Gasteiger partial charge in [0, 0.05) is 11.3 Å². The van der Waals surface area contributed by atoms with Crippen molar-refractivity contribution in [3.05, 3.63) is 0 Å². The first-order valence-corrected chi connectivity index (χ1v) is 11.5. The first-order chi connectivity index (χ1) is 15.2. The highest BCUT2D eigenvalue weighted by Gasteiger charge is 2.63. The Balaban J connectivity index is 2.24. The van der Waals surface area contributed by atoms with Gasteiger partial charge >= 0.3 is 0 Å². The topological polar surface area (TPSA) is 118 Å². The second kappa shape index (κ2) is 10.7. The van der Waals surface area contributed by atoms with E-state index in [0.717, 1.165) is 64.2 Å². The number of nitrogens with zero attached hydrogens (tertiary/aromatic N) is 4. The lowest BCUT2D eigenvalue weighted by molar-refractivity contribution is -0.0621. The molecule has 166 valence electrons. The van der Waals surface area contributed by atoms with Crippen LogP contribution in [0.15, 0.2) is 20.0 Å². The highest BCUT2D eigenvalue weighted by atomic mass is 16.1. The molecule has 0 heterocycles. The molecule has 4 unspecified atom stereocenters. The van der Waals surface area contributed by atoms with Crippen molar-refractivity contribution < 1.29 is 19.2 Å². The van der Waals surface area contributed by atoms with E-state index < -0.39 is 23.2 Å². The fourth-order valence-corrected chi connectivity index (χ4v) is 6.84. The molecular formula is C23H30N4O4. The molecule has 0 aromatic carbocycles. The summed E-state index contributed by atoms with van der Waals surface area (Å²) in [4.78, 5) is 62.6. The second-order valence-corrected chi connectivity index (χ2v) is 9.22. The molecule has 3 aliphatic rings. The molecule has 0 bridgehead atoms. The molecule has 0 spiro atoms. The zero-order chi connectivity index (χ0) is 22.2. The number of fused-ring (bicyclic) bond motifs is 1. The summed E-state index contributed by atoms with van der Waals surface area (Å²) in [5.41, 5.74) is -1.92. The van der Waals surface area contributed by atoms with Crippen molar-refractivity contribution in [3.8, 4) is 0 Å². The van der Waals surface area contributed by atoms with E-state index in [9.17, 15) is 19.2 Å². The van der Waals surface area contributed by atoms with Crippen LogP contribution in [-0.2, 0) is 19.2 Å². The van der Waals surface area contributed by atoms with E-state index in [0.29, 0.717) is 19.3 Å². The lowest BCUT2D eigenvalue weighted by Crippen LogP contribution is -2.61. The highest BCUT2D eigenvalue weighted by Crippen LogP contribution is 2.61. The molecule has 3 rings (SSSR count). The first kappa shape index (κ1) is 23.2. The fraction of sp³-hybridized carbons (Fsp3) is 0.826. The van der Waals surface area contributed by atoms with Crippen molar-refractivity contribution in [3.63, 3.8) is 0 Å². The zero-order valence-electron chi connectivity index (χ0n) is 17.9. The molecule has 0 radical (unpaired) electrons. The highest BCUT2D eigenvalue weighted by molar-refractivity contribution is 5.42. The Morgan fingerprint density at radius 3 is 1.90 bits per heavy atom. The number of rotatable bonds is 6. The lowest BCUT2D eigenvalue weighted by Gasteiger charge is -2.57. The predicted octanol–water partition coefficient (Wildman–Crippen LogP) is 4.09. The molecule has 3 fully saturated rings. The van der Waals surface area contributed by atoms with Gasteiger partial charge in [-0.2, -0.15) is 15.0 Å². The number of isocyanates is 4. The Hall–Kier alpha value is -2.48. The molecule has 0 saturated heterocycles. The number of aliphatic imine (C=N–C) groups is 4. The maximum absolute atomic E-state index is 11.7. The third-order valence-corrected chi connectivity index (χ3v) is 8.05. The second-order valence-electron chi connectivity index (χ2n) is 9.22. The zero-order valence-corrected chi connectivity index (χ0v) is 17.9. The van der Waals surface area contributed by atoms with Gasteiger partial charge in [0.1, 0.15) is 0 Å². The number of hydrogen-bond donors (Lipinski definition) is 0. The predicted molar refractivity (Wildman–Crippen MR) is 112 cm³/mol. The summed E-state index contributed by atoms with van der Waals surface area (Å²) in [6.07, 6.45) is 18.0. The largest absolute Gasteiger partial charge is 0.237 e. The Morgan fingerprint density at radius 2 is 1.26 bits per heavy atom. The molecule has 0 aromatic rings. The van der Waals surface area contributed by atoms with Crippen molar-refractivity contribution in [2.75, 3.05) is 0 Å². The monoisotopic (exact) mass is 426 g/mol. The molecule has 0 aromatic heterocycles. The van der Waals surface area contributed by atoms with Crippen LogP contribution in [0.2, 0.25) is 0 Å². The third-order valence-electron chi connectivity index (χ3n) is 8.05. The lowest BCUT2D eigenvalue weighted by atomic mass is 9.50. The molecule has 0 aliphatic heterocycles. The van der Waals surface area contributed by atoms with Crippen molar-refractivity contribution in [2.24, 2.45) is 37.2 Å². The van der Waals surface area contributed by atoms with Gasteiger partial charge in [0.2, 0.25) is 24.3 Å². The molecule has 3 saturated carbocycles. The molecule has 0 N–H and O–H groups in total. The molecule has 8 heteroatoms. The van der Waals surface area contributed by atoms with Gasteiger partial charge in [-0.25, -0.2) is 24.2 Å². The van der Waals surface area contributed by atoms with Gasteiger partial charge in [0.05, 0.1) is 12.1 Å². The van der Waals surface area contributed by atoms with Crippen LogP contribution >= 0.6 is 0 Å². The van der Waals surface area contributed by atoms with Crippen molar-refractivity contribution >= 4 is 24.3 Å². The van der Waals surface area contributed by atoms with Crippen LogP contribution < -0.4 is 0 Å². The summed E-state index contributed by atoms with van der Waals surface area (Å²) in [7, 11) is 0. The standard InChI is InChI=1S/C23H30N4O4/c28-14-24-20-11-13-22(12-7-2-1-6-10-19(22)21(20)25-15-29)23(26-16-30,27-17-31)18-8-4-3-5-9-18/h18-21H,1-13H2. The van der Waals surface area contributed by atoms with Gasteiger partial charge in [-0.05, 0) is 44.4 Å². The average molecular weight is 427 g/mol. The Morgan fingerprint density at radius 1 is 0.645 bits per heavy atom. The summed E-state index contributed by atoms with van der Waals surface area (Å²) in [6, 6.07) is -1.04. The normalized spacial score (nSPS) is 33.4. The minimum atomic E-state index is -1.27. The van der Waals surface area contributed by atoms with Crippen LogP contribution in [-0.4, -0.2) is 42.1 Å². The summed E-state index contributed by atoms with van der Waals surface area (Å²) in [6.45, 7) is 0. The maximum atomic E-state index is 11.7. The third kappa shape index (κ3) is 4.31. The average Bonchev–Trinajstić information content (AvgIpc) is 2.77. The van der Waals surface area contributed by atoms with Gasteiger partial charge in [-0.1, -0.05) is 44.9 Å². The Bertz CT molecular complexity index is 811. The molecule has 31 heavy (non-hydrogen) atoms. The Kier molecular flexibility index (Phi) is 8.01.